The Morgan fingerprint density at radius 1 is 1.25 bits per heavy atom. The second-order valence-corrected chi connectivity index (χ2v) is 10.5. The van der Waals surface area contributed by atoms with Gasteiger partial charge in [-0.3, -0.25) is 9.36 Å². The smallest absolute Gasteiger partial charge is 0.270 e. The number of nitrogens with zero attached hydrogens (tertiary/aromatic N) is 5. The topological polar surface area (TPSA) is 130 Å². The lowest BCUT2D eigenvalue weighted by atomic mass is 10.1. The van der Waals surface area contributed by atoms with E-state index in [1.54, 1.807) is 16.8 Å². The fraction of sp³-hybridized carbons (Fsp3) is 0.619. The van der Waals surface area contributed by atoms with Crippen LogP contribution in [0.2, 0.25) is 0 Å². The van der Waals surface area contributed by atoms with Gasteiger partial charge < -0.3 is 10.1 Å². The molecule has 0 spiro atoms. The monoisotopic (exact) mass is 460 g/mol. The van der Waals surface area contributed by atoms with Crippen molar-refractivity contribution in [2.24, 2.45) is 0 Å². The van der Waals surface area contributed by atoms with Crippen molar-refractivity contribution in [3.8, 4) is 6.07 Å². The lowest BCUT2D eigenvalue weighted by Gasteiger charge is -2.31. The number of piperidine rings is 1. The fourth-order valence-corrected chi connectivity index (χ4v) is 5.95. The number of nitriles is 1. The maximum Gasteiger partial charge on any atom is 0.270 e. The van der Waals surface area contributed by atoms with Crippen LogP contribution in [-0.2, 0) is 14.8 Å². The summed E-state index contributed by atoms with van der Waals surface area (Å²) in [7, 11) is -1.82. The van der Waals surface area contributed by atoms with Gasteiger partial charge in [0.05, 0.1) is 12.4 Å². The highest BCUT2D eigenvalue weighted by Crippen LogP contribution is 2.30. The van der Waals surface area contributed by atoms with E-state index in [1.165, 1.54) is 11.4 Å². The summed E-state index contributed by atoms with van der Waals surface area (Å²) in [5, 5.41) is 13.3. The molecule has 4 rings (SSSR count). The lowest BCUT2D eigenvalue weighted by molar-refractivity contribution is 0.214. The molecule has 0 unspecified atom stereocenters. The van der Waals surface area contributed by atoms with E-state index in [0.717, 1.165) is 25.7 Å². The zero-order chi connectivity index (χ0) is 22.7. The first kappa shape index (κ1) is 22.6. The Hall–Kier alpha value is -2.55. The van der Waals surface area contributed by atoms with E-state index >= 15 is 0 Å². The summed E-state index contributed by atoms with van der Waals surface area (Å²) in [6, 6.07) is 3.62. The molecule has 1 aliphatic heterocycles. The number of fused-ring (bicyclic) bond motifs is 1. The van der Waals surface area contributed by atoms with Gasteiger partial charge in [-0.1, -0.05) is 12.8 Å². The van der Waals surface area contributed by atoms with Crippen molar-refractivity contribution >= 4 is 27.0 Å². The molecule has 2 fully saturated rings. The molecule has 2 aromatic rings. The van der Waals surface area contributed by atoms with Crippen LogP contribution >= 0.6 is 0 Å². The van der Waals surface area contributed by atoms with Crippen LogP contribution in [0.25, 0.3) is 11.0 Å². The first-order chi connectivity index (χ1) is 15.4. The van der Waals surface area contributed by atoms with Crippen LogP contribution in [0.4, 0.5) is 5.95 Å². The maximum atomic E-state index is 12.9. The molecular weight excluding hydrogens is 432 g/mol. The highest BCUT2D eigenvalue weighted by atomic mass is 32.2. The first-order valence-corrected chi connectivity index (χ1v) is 12.6. The standard InChI is InChI=1S/C21H28N6O4S/c1-31-10-11-32(29,30)26-8-6-17(7-9-26)24-21-23-14-16-12-15(13-22)20(28)27(19(16)25-21)18-4-2-3-5-18/h12,14,17-18H,2-11H2,1H3,(H,23,24,25). The molecule has 11 heteroatoms. The number of pyridine rings is 1. The third-order valence-corrected chi connectivity index (χ3v) is 8.14. The van der Waals surface area contributed by atoms with Gasteiger partial charge in [-0.2, -0.15) is 10.2 Å². The van der Waals surface area contributed by atoms with Gasteiger partial charge in [0.1, 0.15) is 17.3 Å². The quantitative estimate of drug-likeness (QED) is 0.660. The summed E-state index contributed by atoms with van der Waals surface area (Å²) < 4.78 is 32.8. The Labute approximate surface area is 187 Å². The number of ether oxygens (including phenoxy) is 1. The van der Waals surface area contributed by atoms with Gasteiger partial charge in [-0.25, -0.2) is 17.7 Å². The zero-order valence-corrected chi connectivity index (χ0v) is 19.0. The van der Waals surface area contributed by atoms with Gasteiger partial charge in [0.15, 0.2) is 0 Å². The van der Waals surface area contributed by atoms with E-state index in [-0.39, 0.29) is 35.6 Å². The highest BCUT2D eigenvalue weighted by molar-refractivity contribution is 7.89. The van der Waals surface area contributed by atoms with Crippen molar-refractivity contribution in [1.82, 2.24) is 18.8 Å². The van der Waals surface area contributed by atoms with Gasteiger partial charge in [-0.05, 0) is 31.7 Å². The number of aromatic nitrogens is 3. The number of anilines is 1. The van der Waals surface area contributed by atoms with Crippen molar-refractivity contribution in [2.75, 3.05) is 37.9 Å². The average Bonchev–Trinajstić information content (AvgIpc) is 3.32. The van der Waals surface area contributed by atoms with Crippen molar-refractivity contribution in [1.29, 1.82) is 5.26 Å². The number of methoxy groups -OCH3 is 1. The van der Waals surface area contributed by atoms with Crippen LogP contribution in [0.5, 0.6) is 0 Å². The summed E-state index contributed by atoms with van der Waals surface area (Å²) >= 11 is 0. The number of rotatable bonds is 7. The van der Waals surface area contributed by atoms with E-state index in [9.17, 15) is 18.5 Å². The largest absolute Gasteiger partial charge is 0.384 e. The van der Waals surface area contributed by atoms with Crippen LogP contribution in [0.1, 0.15) is 50.1 Å². The van der Waals surface area contributed by atoms with E-state index in [0.29, 0.717) is 42.9 Å². The molecule has 0 atom stereocenters. The van der Waals surface area contributed by atoms with Gasteiger partial charge in [0, 0.05) is 43.9 Å². The van der Waals surface area contributed by atoms with Crippen LogP contribution < -0.4 is 10.9 Å². The molecule has 3 heterocycles. The summed E-state index contributed by atoms with van der Waals surface area (Å²) in [5.41, 5.74) is 0.347. The van der Waals surface area contributed by atoms with E-state index in [2.05, 4.69) is 15.3 Å². The van der Waals surface area contributed by atoms with Crippen molar-refractivity contribution in [2.45, 2.75) is 50.6 Å². The zero-order valence-electron chi connectivity index (χ0n) is 18.2. The molecule has 172 valence electrons. The van der Waals surface area contributed by atoms with Crippen molar-refractivity contribution in [3.63, 3.8) is 0 Å². The molecule has 10 nitrogen and oxygen atoms in total. The molecule has 0 amide bonds. The fourth-order valence-electron chi connectivity index (χ4n) is 4.55. The first-order valence-electron chi connectivity index (χ1n) is 11.0. The average molecular weight is 461 g/mol. The SMILES string of the molecule is COCCS(=O)(=O)N1CCC(Nc2ncc3cc(C#N)c(=O)n(C4CCCC4)c3n2)CC1. The Kier molecular flexibility index (Phi) is 6.74. The second-order valence-electron chi connectivity index (χ2n) is 8.38. The molecular formula is C21H28N6O4S. The minimum Gasteiger partial charge on any atom is -0.384 e. The molecule has 1 aliphatic carbocycles. The van der Waals surface area contributed by atoms with Crippen molar-refractivity contribution in [3.05, 3.63) is 28.2 Å². The lowest BCUT2D eigenvalue weighted by Crippen LogP contribution is -2.43. The van der Waals surface area contributed by atoms with Gasteiger partial charge >= 0.3 is 0 Å². The molecule has 0 radical (unpaired) electrons. The van der Waals surface area contributed by atoms with E-state index in [4.69, 9.17) is 4.74 Å². The Balaban J connectivity index is 1.53. The Morgan fingerprint density at radius 2 is 1.97 bits per heavy atom. The summed E-state index contributed by atoms with van der Waals surface area (Å²) in [6.45, 7) is 1.03. The maximum absolute atomic E-state index is 12.9. The van der Waals surface area contributed by atoms with Crippen LogP contribution in [-0.4, -0.2) is 65.9 Å². The minimum absolute atomic E-state index is 0.0151. The van der Waals surface area contributed by atoms with E-state index < -0.39 is 10.0 Å². The highest BCUT2D eigenvalue weighted by Gasteiger charge is 2.28. The molecule has 0 aromatic carbocycles. The Bertz CT molecular complexity index is 1180. The molecule has 1 saturated heterocycles. The van der Waals surface area contributed by atoms with Crippen LogP contribution in [0, 0.1) is 11.3 Å². The van der Waals surface area contributed by atoms with Gasteiger partial charge in [-0.15, -0.1) is 0 Å². The minimum atomic E-state index is -3.31. The molecule has 0 bridgehead atoms. The number of hydrogen-bond acceptors (Lipinski definition) is 8. The van der Waals surface area contributed by atoms with E-state index in [1.807, 2.05) is 6.07 Å². The summed E-state index contributed by atoms with van der Waals surface area (Å²) in [6.07, 6.45) is 6.81. The molecule has 1 N–H and O–H groups in total. The molecule has 2 aliphatic rings. The summed E-state index contributed by atoms with van der Waals surface area (Å²) in [5.74, 6) is 0.396. The van der Waals surface area contributed by atoms with Gasteiger partial charge in [0.2, 0.25) is 16.0 Å². The summed E-state index contributed by atoms with van der Waals surface area (Å²) in [4.78, 5) is 21.9. The number of sulfonamides is 1. The third kappa shape index (κ3) is 4.62. The molecule has 32 heavy (non-hydrogen) atoms. The Morgan fingerprint density at radius 3 is 2.62 bits per heavy atom. The van der Waals surface area contributed by atoms with Gasteiger partial charge in [0.25, 0.3) is 5.56 Å². The third-order valence-electron chi connectivity index (χ3n) is 6.31. The number of hydrogen-bond donors (Lipinski definition) is 1. The predicted octanol–water partition coefficient (Wildman–Crippen LogP) is 1.63. The van der Waals surface area contributed by atoms with Crippen LogP contribution in [0.15, 0.2) is 17.1 Å². The normalized spacial score (nSPS) is 18.8. The van der Waals surface area contributed by atoms with Crippen LogP contribution in [0.3, 0.4) is 0 Å². The molecule has 1 saturated carbocycles. The molecule has 2 aromatic heterocycles. The number of nitrogens with one attached hydrogen (secondary N) is 1. The van der Waals surface area contributed by atoms with Crippen molar-refractivity contribution < 1.29 is 13.2 Å². The predicted molar refractivity (Wildman–Crippen MR) is 120 cm³/mol. The second kappa shape index (κ2) is 9.52.